The van der Waals surface area contributed by atoms with Crippen molar-refractivity contribution in [3.8, 4) is 50.2 Å². The number of hydrogen-bond acceptors (Lipinski definition) is 1. The van der Waals surface area contributed by atoms with Gasteiger partial charge in [0.25, 0.3) is 0 Å². The van der Waals surface area contributed by atoms with Crippen molar-refractivity contribution in [2.75, 3.05) is 4.90 Å². The molecule has 0 fully saturated rings. The first-order valence-electron chi connectivity index (χ1n) is 22.4. The molecule has 12 rings (SSSR count). The van der Waals surface area contributed by atoms with Crippen LogP contribution in [0.15, 0.2) is 249 Å². The highest BCUT2D eigenvalue weighted by atomic mass is 15.1. The summed E-state index contributed by atoms with van der Waals surface area (Å²) in [6.07, 6.45) is 2.26. The second-order valence-electron chi connectivity index (χ2n) is 16.9. The topological polar surface area (TPSA) is 8.17 Å². The molecule has 2 nitrogen and oxygen atoms in total. The Labute approximate surface area is 379 Å². The molecule has 0 unspecified atom stereocenters. The third-order valence-electron chi connectivity index (χ3n) is 13.1. The number of benzene rings is 11. The number of aromatic nitrogens is 1. The summed E-state index contributed by atoms with van der Waals surface area (Å²) < 4.78 is 2.32. The average molecular weight is 829 g/mol. The molecule has 0 bridgehead atoms. The lowest BCUT2D eigenvalue weighted by Gasteiger charge is -2.27. The molecule has 65 heavy (non-hydrogen) atoms. The lowest BCUT2D eigenvalue weighted by molar-refractivity contribution is 1.12. The van der Waals surface area contributed by atoms with Crippen LogP contribution in [0, 0.1) is 6.92 Å². The predicted octanol–water partition coefficient (Wildman–Crippen LogP) is 17.5. The summed E-state index contributed by atoms with van der Waals surface area (Å²) in [6, 6.07) is 88.4. The Bertz CT molecular complexity index is 3620. The van der Waals surface area contributed by atoms with Crippen LogP contribution in [0.1, 0.15) is 5.56 Å². The predicted molar refractivity (Wildman–Crippen MR) is 277 cm³/mol. The van der Waals surface area contributed by atoms with E-state index < -0.39 is 0 Å². The Morgan fingerprint density at radius 3 is 1.45 bits per heavy atom. The molecule has 0 saturated heterocycles. The number of hydrogen-bond donors (Lipinski definition) is 0. The van der Waals surface area contributed by atoms with Gasteiger partial charge in [0.05, 0.1) is 11.2 Å². The van der Waals surface area contributed by atoms with E-state index in [0.717, 1.165) is 22.7 Å². The third-order valence-corrected chi connectivity index (χ3v) is 13.1. The van der Waals surface area contributed by atoms with E-state index in [2.05, 4.69) is 265 Å². The molecule has 1 heterocycles. The van der Waals surface area contributed by atoms with Crippen LogP contribution < -0.4 is 4.90 Å². The summed E-state index contributed by atoms with van der Waals surface area (Å²) in [7, 11) is 0. The number of nitrogens with zero attached hydrogens (tertiary/aromatic N) is 2. The fourth-order valence-electron chi connectivity index (χ4n) is 10.1. The van der Waals surface area contributed by atoms with Gasteiger partial charge in [0.15, 0.2) is 0 Å². The summed E-state index contributed by atoms with van der Waals surface area (Å²) in [6.45, 7) is 2.21. The molecular formula is C63H44N2. The van der Waals surface area contributed by atoms with Gasteiger partial charge in [0.1, 0.15) is 0 Å². The molecule has 0 saturated carbocycles. The van der Waals surface area contributed by atoms with Crippen LogP contribution in [0.3, 0.4) is 0 Å². The average Bonchev–Trinajstić information content (AvgIpc) is 3.71. The first kappa shape index (κ1) is 38.2. The van der Waals surface area contributed by atoms with Crippen molar-refractivity contribution in [1.29, 1.82) is 0 Å². The normalized spacial score (nSPS) is 11.5. The highest BCUT2D eigenvalue weighted by Crippen LogP contribution is 2.47. The molecule has 12 aromatic rings. The van der Waals surface area contributed by atoms with Crippen molar-refractivity contribution < 1.29 is 0 Å². The van der Waals surface area contributed by atoms with Gasteiger partial charge in [-0.1, -0.05) is 188 Å². The Morgan fingerprint density at radius 2 is 0.800 bits per heavy atom. The molecule has 0 radical (unpaired) electrons. The van der Waals surface area contributed by atoms with Crippen LogP contribution in [0.4, 0.5) is 17.1 Å². The molecule has 0 aliphatic carbocycles. The van der Waals surface area contributed by atoms with Crippen molar-refractivity contribution in [1.82, 2.24) is 4.57 Å². The first-order chi connectivity index (χ1) is 32.2. The van der Waals surface area contributed by atoms with E-state index in [4.69, 9.17) is 0 Å². The molecule has 0 aliphatic rings. The third kappa shape index (κ3) is 6.67. The van der Waals surface area contributed by atoms with Crippen LogP contribution >= 0.6 is 0 Å². The van der Waals surface area contributed by atoms with Gasteiger partial charge in [-0.25, -0.2) is 0 Å². The fourth-order valence-corrected chi connectivity index (χ4v) is 10.1. The minimum Gasteiger partial charge on any atom is -0.316 e. The van der Waals surface area contributed by atoms with Gasteiger partial charge < -0.3 is 9.47 Å². The van der Waals surface area contributed by atoms with E-state index in [1.165, 1.54) is 93.3 Å². The Hall–Kier alpha value is -8.46. The van der Waals surface area contributed by atoms with Gasteiger partial charge in [-0.15, -0.1) is 0 Å². The van der Waals surface area contributed by atoms with Crippen LogP contribution in [-0.2, 0) is 0 Å². The van der Waals surface area contributed by atoms with E-state index in [1.807, 2.05) is 0 Å². The van der Waals surface area contributed by atoms with Crippen LogP contribution in [0.5, 0.6) is 0 Å². The summed E-state index contributed by atoms with van der Waals surface area (Å²) in [5.41, 5.74) is 16.8. The molecule has 2 heteroatoms. The lowest BCUT2D eigenvalue weighted by Crippen LogP contribution is -2.10. The standard InChI is InChI=1S/C63H44N2/c1-43-42-64(60-40-35-48(41-59(43)60)45-19-7-3-8-20-45)49-36-38-51(39-37-49)65(50-21-9-4-10-22-50)61-30-16-27-52-53(61)28-15-29-54(52)63-57-25-13-11-23-55(57)62(56-24-12-14-26-58(56)63)47-33-31-46(32-34-47)44-17-5-2-6-18-44/h2-42H,1H3. The zero-order valence-corrected chi connectivity index (χ0v) is 36.1. The first-order valence-corrected chi connectivity index (χ1v) is 22.4. The minimum absolute atomic E-state index is 1.09. The van der Waals surface area contributed by atoms with Gasteiger partial charge in [-0.2, -0.15) is 0 Å². The molecule has 0 spiro atoms. The van der Waals surface area contributed by atoms with Gasteiger partial charge >= 0.3 is 0 Å². The van der Waals surface area contributed by atoms with Crippen molar-refractivity contribution in [2.24, 2.45) is 0 Å². The monoisotopic (exact) mass is 828 g/mol. The molecular weight excluding hydrogens is 785 g/mol. The van der Waals surface area contributed by atoms with Gasteiger partial charge in [0.2, 0.25) is 0 Å². The number of aryl methyl sites for hydroxylation is 1. The summed E-state index contributed by atoms with van der Waals surface area (Å²) in [5, 5.41) is 8.64. The van der Waals surface area contributed by atoms with Gasteiger partial charge in [-0.3, -0.25) is 0 Å². The maximum atomic E-state index is 2.40. The summed E-state index contributed by atoms with van der Waals surface area (Å²) in [4.78, 5) is 2.40. The summed E-state index contributed by atoms with van der Waals surface area (Å²) in [5.74, 6) is 0. The SMILES string of the molecule is Cc1cn(-c2ccc(N(c3ccccc3)c3cccc4c(-c5c6ccccc6c(-c6ccc(-c7ccccc7)cc6)c6ccccc56)cccc34)cc2)c2ccc(-c3ccccc3)cc12. The highest BCUT2D eigenvalue weighted by Gasteiger charge is 2.21. The van der Waals surface area contributed by atoms with E-state index in [0.29, 0.717) is 0 Å². The van der Waals surface area contributed by atoms with Crippen LogP contribution in [0.2, 0.25) is 0 Å². The van der Waals surface area contributed by atoms with Crippen LogP contribution in [-0.4, -0.2) is 4.57 Å². The smallest absolute Gasteiger partial charge is 0.0540 e. The molecule has 11 aromatic carbocycles. The maximum absolute atomic E-state index is 2.40. The molecule has 0 aliphatic heterocycles. The van der Waals surface area contributed by atoms with Gasteiger partial charge in [0, 0.05) is 34.0 Å². The van der Waals surface area contributed by atoms with Crippen molar-refractivity contribution in [3.63, 3.8) is 0 Å². The van der Waals surface area contributed by atoms with Crippen molar-refractivity contribution in [3.05, 3.63) is 254 Å². The van der Waals surface area contributed by atoms with E-state index >= 15 is 0 Å². The lowest BCUT2D eigenvalue weighted by atomic mass is 9.84. The number of anilines is 3. The Balaban J connectivity index is 0.984. The zero-order valence-electron chi connectivity index (χ0n) is 36.1. The molecule has 0 atom stereocenters. The van der Waals surface area contributed by atoms with Crippen molar-refractivity contribution >= 4 is 60.3 Å². The molecule has 306 valence electrons. The van der Waals surface area contributed by atoms with Crippen LogP contribution in [0.25, 0.3) is 93.4 Å². The largest absolute Gasteiger partial charge is 0.316 e. The Kier molecular flexibility index (Phi) is 9.43. The molecule has 0 N–H and O–H groups in total. The zero-order chi connectivity index (χ0) is 43.3. The number of fused-ring (bicyclic) bond motifs is 4. The number of rotatable bonds is 8. The maximum Gasteiger partial charge on any atom is 0.0540 e. The molecule has 1 aromatic heterocycles. The second kappa shape index (κ2) is 16.0. The minimum atomic E-state index is 1.09. The molecule has 0 amide bonds. The van der Waals surface area contributed by atoms with E-state index in [9.17, 15) is 0 Å². The van der Waals surface area contributed by atoms with E-state index in [1.54, 1.807) is 0 Å². The number of para-hydroxylation sites is 1. The van der Waals surface area contributed by atoms with Crippen molar-refractivity contribution in [2.45, 2.75) is 6.92 Å². The van der Waals surface area contributed by atoms with Gasteiger partial charge in [-0.05, 0) is 139 Å². The highest BCUT2D eigenvalue weighted by molar-refractivity contribution is 6.24. The Morgan fingerprint density at radius 1 is 0.323 bits per heavy atom. The fraction of sp³-hybridized carbons (Fsp3) is 0.0159. The van der Waals surface area contributed by atoms with E-state index in [-0.39, 0.29) is 0 Å². The second-order valence-corrected chi connectivity index (χ2v) is 16.9. The summed E-state index contributed by atoms with van der Waals surface area (Å²) >= 11 is 0. The quantitative estimate of drug-likeness (QED) is 0.139.